The number of dihydropyridines is 1. The van der Waals surface area contributed by atoms with Gasteiger partial charge in [-0.1, -0.05) is 19.1 Å². The lowest BCUT2D eigenvalue weighted by Gasteiger charge is -2.34. The van der Waals surface area contributed by atoms with Crippen LogP contribution in [0.1, 0.15) is 51.0 Å². The van der Waals surface area contributed by atoms with Gasteiger partial charge in [0.2, 0.25) is 0 Å². The average Bonchev–Trinajstić information content (AvgIpc) is 2.67. The first-order chi connectivity index (χ1) is 13.0. The van der Waals surface area contributed by atoms with Crippen LogP contribution in [0.15, 0.2) is 46.8 Å². The predicted octanol–water partition coefficient (Wildman–Crippen LogP) is 3.52. The number of nitrogens with one attached hydrogen (secondary N) is 1. The highest BCUT2D eigenvalue weighted by atomic mass is 16.6. The number of ether oxygens (including phenoxy) is 1. The van der Waals surface area contributed by atoms with Gasteiger partial charge < -0.3 is 10.1 Å². The van der Waals surface area contributed by atoms with E-state index < -0.39 is 16.8 Å². The molecule has 1 aliphatic carbocycles. The van der Waals surface area contributed by atoms with Crippen LogP contribution in [-0.4, -0.2) is 23.3 Å². The monoisotopic (exact) mass is 370 g/mol. The standard InChI is InChI=1S/C20H22N2O5/c1-3-14-19(20(24)27-4-2)17(12-7-5-8-13(11-12)22(25)26)18-15(21-14)9-6-10-16(18)23/h5,7-8,11,17,21H,3-4,6,9-10H2,1-2H3. The third kappa shape index (κ3) is 3.49. The summed E-state index contributed by atoms with van der Waals surface area (Å²) in [5.41, 5.74) is 2.90. The highest BCUT2D eigenvalue weighted by molar-refractivity contribution is 6.03. The highest BCUT2D eigenvalue weighted by Gasteiger charge is 2.39. The van der Waals surface area contributed by atoms with Gasteiger partial charge in [-0.05, 0) is 31.7 Å². The zero-order chi connectivity index (χ0) is 19.6. The maximum absolute atomic E-state index is 12.8. The van der Waals surface area contributed by atoms with E-state index in [1.54, 1.807) is 19.1 Å². The van der Waals surface area contributed by atoms with E-state index in [1.165, 1.54) is 12.1 Å². The molecule has 7 nitrogen and oxygen atoms in total. The molecule has 1 N–H and O–H groups in total. The molecule has 0 spiro atoms. The Hall–Kier alpha value is -2.96. The van der Waals surface area contributed by atoms with E-state index in [0.717, 1.165) is 12.1 Å². The van der Waals surface area contributed by atoms with E-state index in [-0.39, 0.29) is 18.1 Å². The smallest absolute Gasteiger partial charge is 0.336 e. The molecule has 1 unspecified atom stereocenters. The molecule has 1 aromatic rings. The van der Waals surface area contributed by atoms with Gasteiger partial charge in [0.25, 0.3) is 5.69 Å². The van der Waals surface area contributed by atoms with Crippen LogP contribution in [0.4, 0.5) is 5.69 Å². The average molecular weight is 370 g/mol. The van der Waals surface area contributed by atoms with Gasteiger partial charge in [0, 0.05) is 41.4 Å². The number of Topliss-reactive ketones (excluding diaryl/α,β-unsaturated/α-hetero) is 1. The van der Waals surface area contributed by atoms with Crippen LogP contribution in [0.3, 0.4) is 0 Å². The van der Waals surface area contributed by atoms with Crippen LogP contribution in [0, 0.1) is 10.1 Å². The Labute approximate surface area is 157 Å². The fraction of sp³-hybridized carbons (Fsp3) is 0.400. The van der Waals surface area contributed by atoms with Gasteiger partial charge in [0.05, 0.1) is 17.1 Å². The van der Waals surface area contributed by atoms with Crippen LogP contribution < -0.4 is 5.32 Å². The number of hydrogen-bond acceptors (Lipinski definition) is 6. The Morgan fingerprint density at radius 2 is 2.11 bits per heavy atom. The van der Waals surface area contributed by atoms with E-state index in [4.69, 9.17) is 4.74 Å². The summed E-state index contributed by atoms with van der Waals surface area (Å²) in [6, 6.07) is 6.14. The molecule has 3 rings (SSSR count). The number of hydrogen-bond donors (Lipinski definition) is 1. The minimum atomic E-state index is -0.650. The number of carbonyl (C=O) groups is 2. The Morgan fingerprint density at radius 1 is 1.33 bits per heavy atom. The largest absolute Gasteiger partial charge is 0.463 e. The van der Waals surface area contributed by atoms with Gasteiger partial charge in [-0.2, -0.15) is 0 Å². The molecule has 2 aliphatic rings. The van der Waals surface area contributed by atoms with Crippen LogP contribution in [-0.2, 0) is 14.3 Å². The zero-order valence-corrected chi connectivity index (χ0v) is 15.4. The normalized spacial score (nSPS) is 19.5. The van der Waals surface area contributed by atoms with Crippen molar-refractivity contribution >= 4 is 17.4 Å². The van der Waals surface area contributed by atoms with E-state index in [1.807, 2.05) is 6.92 Å². The van der Waals surface area contributed by atoms with Crippen molar-refractivity contribution in [3.63, 3.8) is 0 Å². The SMILES string of the molecule is CCOC(=O)C1=C(CC)NC2=C(C(=O)CCC2)C1c1cccc([N+](=O)[O-])c1. The zero-order valence-electron chi connectivity index (χ0n) is 15.4. The summed E-state index contributed by atoms with van der Waals surface area (Å²) in [5.74, 6) is -1.18. The quantitative estimate of drug-likeness (QED) is 0.484. The fourth-order valence-electron chi connectivity index (χ4n) is 3.78. The molecule has 1 heterocycles. The van der Waals surface area contributed by atoms with Crippen molar-refractivity contribution in [1.82, 2.24) is 5.32 Å². The summed E-state index contributed by atoms with van der Waals surface area (Å²) in [7, 11) is 0. The molecule has 142 valence electrons. The summed E-state index contributed by atoms with van der Waals surface area (Å²) in [6.45, 7) is 3.85. The third-order valence-corrected chi connectivity index (χ3v) is 4.92. The van der Waals surface area contributed by atoms with Crippen LogP contribution in [0.2, 0.25) is 0 Å². The minimum Gasteiger partial charge on any atom is -0.463 e. The summed E-state index contributed by atoms with van der Waals surface area (Å²) in [5, 5.41) is 14.5. The fourth-order valence-corrected chi connectivity index (χ4v) is 3.78. The van der Waals surface area contributed by atoms with E-state index in [9.17, 15) is 19.7 Å². The van der Waals surface area contributed by atoms with E-state index >= 15 is 0 Å². The minimum absolute atomic E-state index is 0.0304. The van der Waals surface area contributed by atoms with Gasteiger partial charge in [0.15, 0.2) is 5.78 Å². The van der Waals surface area contributed by atoms with Crippen molar-refractivity contribution in [2.24, 2.45) is 0 Å². The van der Waals surface area contributed by atoms with Crippen molar-refractivity contribution in [3.05, 3.63) is 62.5 Å². The van der Waals surface area contributed by atoms with Gasteiger partial charge in [-0.3, -0.25) is 14.9 Å². The number of non-ortho nitro benzene ring substituents is 1. The third-order valence-electron chi connectivity index (χ3n) is 4.92. The Balaban J connectivity index is 2.22. The summed E-state index contributed by atoms with van der Waals surface area (Å²) in [6.07, 6.45) is 2.43. The molecule has 0 aromatic heterocycles. The second-order valence-corrected chi connectivity index (χ2v) is 6.55. The number of rotatable bonds is 5. The number of allylic oxidation sites excluding steroid dienone is 3. The lowest BCUT2D eigenvalue weighted by molar-refractivity contribution is -0.384. The second kappa shape index (κ2) is 7.73. The number of esters is 1. The molecule has 1 aliphatic heterocycles. The van der Waals surface area contributed by atoms with Crippen molar-refractivity contribution in [3.8, 4) is 0 Å². The van der Waals surface area contributed by atoms with Gasteiger partial charge in [-0.25, -0.2) is 4.79 Å². The summed E-state index contributed by atoms with van der Waals surface area (Å²) >= 11 is 0. The van der Waals surface area contributed by atoms with Crippen LogP contribution >= 0.6 is 0 Å². The van der Waals surface area contributed by atoms with E-state index in [0.29, 0.717) is 41.7 Å². The first-order valence-electron chi connectivity index (χ1n) is 9.15. The molecule has 0 bridgehead atoms. The molecule has 1 atom stereocenters. The molecular formula is C20H22N2O5. The number of carbonyl (C=O) groups excluding carboxylic acids is 2. The second-order valence-electron chi connectivity index (χ2n) is 6.55. The Kier molecular flexibility index (Phi) is 5.39. The number of ketones is 1. The Bertz CT molecular complexity index is 869. The Morgan fingerprint density at radius 3 is 2.78 bits per heavy atom. The molecule has 0 radical (unpaired) electrons. The number of benzene rings is 1. The van der Waals surface area contributed by atoms with Gasteiger partial charge in [-0.15, -0.1) is 0 Å². The number of nitro groups is 1. The first-order valence-corrected chi connectivity index (χ1v) is 9.15. The molecule has 27 heavy (non-hydrogen) atoms. The van der Waals surface area contributed by atoms with Crippen LogP contribution in [0.25, 0.3) is 0 Å². The molecular weight excluding hydrogens is 348 g/mol. The lowest BCUT2D eigenvalue weighted by atomic mass is 9.75. The van der Waals surface area contributed by atoms with Crippen molar-refractivity contribution < 1.29 is 19.2 Å². The molecule has 0 saturated carbocycles. The first kappa shape index (κ1) is 18.8. The summed E-state index contributed by atoms with van der Waals surface area (Å²) < 4.78 is 5.25. The highest BCUT2D eigenvalue weighted by Crippen LogP contribution is 2.43. The van der Waals surface area contributed by atoms with Crippen molar-refractivity contribution in [2.75, 3.05) is 6.61 Å². The molecule has 1 aromatic carbocycles. The topological polar surface area (TPSA) is 98.5 Å². The lowest BCUT2D eigenvalue weighted by Crippen LogP contribution is -2.35. The number of nitro benzene ring substituents is 1. The number of nitrogens with zero attached hydrogens (tertiary/aromatic N) is 1. The van der Waals surface area contributed by atoms with E-state index in [2.05, 4.69) is 5.32 Å². The molecule has 0 amide bonds. The van der Waals surface area contributed by atoms with Crippen molar-refractivity contribution in [2.45, 2.75) is 45.4 Å². The van der Waals surface area contributed by atoms with Gasteiger partial charge >= 0.3 is 5.97 Å². The van der Waals surface area contributed by atoms with Gasteiger partial charge in [0.1, 0.15) is 0 Å². The molecule has 0 fully saturated rings. The molecule has 0 saturated heterocycles. The molecule has 7 heteroatoms. The predicted molar refractivity (Wildman–Crippen MR) is 98.8 cm³/mol. The van der Waals surface area contributed by atoms with Crippen LogP contribution in [0.5, 0.6) is 0 Å². The summed E-state index contributed by atoms with van der Waals surface area (Å²) in [4.78, 5) is 36.3. The maximum atomic E-state index is 12.8. The van der Waals surface area contributed by atoms with Crippen molar-refractivity contribution in [1.29, 1.82) is 0 Å². The maximum Gasteiger partial charge on any atom is 0.336 e.